The van der Waals surface area contributed by atoms with Crippen LogP contribution in [0.3, 0.4) is 0 Å². The van der Waals surface area contributed by atoms with E-state index in [-0.39, 0.29) is 10.7 Å². The van der Waals surface area contributed by atoms with E-state index < -0.39 is 20.9 Å². The minimum atomic E-state index is -3.86. The molecule has 0 spiro atoms. The van der Waals surface area contributed by atoms with Crippen molar-refractivity contribution >= 4 is 31.7 Å². The molecule has 2 atom stereocenters. The molecule has 0 bridgehead atoms. The third kappa shape index (κ3) is 5.16. The second-order valence-corrected chi connectivity index (χ2v) is 9.52. The minimum absolute atomic E-state index is 0.137. The first-order valence-corrected chi connectivity index (χ1v) is 11.7. The Morgan fingerprint density at radius 3 is 2.10 bits per heavy atom. The number of rotatable bonds is 8. The van der Waals surface area contributed by atoms with Crippen LogP contribution in [0.1, 0.15) is 27.5 Å². The van der Waals surface area contributed by atoms with Gasteiger partial charge in [-0.05, 0) is 36.8 Å². The zero-order chi connectivity index (χ0) is 21.7. The number of nitrogens with one attached hydrogen (secondary N) is 1. The lowest BCUT2D eigenvalue weighted by atomic mass is 9.98. The normalized spacial score (nSPS) is 13.4. The van der Waals surface area contributed by atoms with E-state index in [1.807, 2.05) is 13.0 Å². The number of hydrogen-bond donors (Lipinski definition) is 1. The number of halogens is 1. The number of hydrogen-bond acceptors (Lipinski definition) is 4. The average molecular weight is 488 g/mol. The Kier molecular flexibility index (Phi) is 7.07. The highest BCUT2D eigenvalue weighted by Gasteiger charge is 2.32. The molecule has 0 amide bonds. The summed E-state index contributed by atoms with van der Waals surface area (Å²) in [6, 6.07) is 21.5. The third-order valence-electron chi connectivity index (χ3n) is 4.69. The van der Waals surface area contributed by atoms with Gasteiger partial charge in [-0.3, -0.25) is 4.79 Å². The van der Waals surface area contributed by atoms with Crippen LogP contribution < -0.4 is 9.46 Å². The second-order valence-electron chi connectivity index (χ2n) is 6.82. The summed E-state index contributed by atoms with van der Waals surface area (Å²) in [4.78, 5) is 12.4. The molecule has 0 aromatic heterocycles. The molecule has 0 aliphatic heterocycles. The van der Waals surface area contributed by atoms with Crippen LogP contribution >= 0.6 is 15.9 Å². The summed E-state index contributed by atoms with van der Waals surface area (Å²) in [6.45, 7) is 1.89. The van der Waals surface area contributed by atoms with Crippen LogP contribution in [0.5, 0.6) is 5.75 Å². The van der Waals surface area contributed by atoms with Crippen molar-refractivity contribution in [1.82, 2.24) is 4.72 Å². The molecular weight excluding hydrogens is 466 g/mol. The fraction of sp³-hybridized carbons (Fsp3) is 0.174. The number of benzene rings is 3. The molecule has 7 heteroatoms. The molecule has 30 heavy (non-hydrogen) atoms. The molecule has 0 aliphatic carbocycles. The van der Waals surface area contributed by atoms with Crippen LogP contribution in [0.2, 0.25) is 0 Å². The average Bonchev–Trinajstić information content (AvgIpc) is 2.77. The number of methoxy groups -OCH3 is 1. The number of sulfonamides is 1. The second kappa shape index (κ2) is 9.55. The van der Waals surface area contributed by atoms with Gasteiger partial charge in [0.05, 0.1) is 22.9 Å². The minimum Gasteiger partial charge on any atom is -0.497 e. The van der Waals surface area contributed by atoms with Gasteiger partial charge < -0.3 is 4.74 Å². The van der Waals surface area contributed by atoms with Crippen molar-refractivity contribution in [2.45, 2.75) is 22.7 Å². The molecule has 0 saturated carbocycles. The molecule has 0 heterocycles. The van der Waals surface area contributed by atoms with Gasteiger partial charge in [-0.1, -0.05) is 76.1 Å². The van der Waals surface area contributed by atoms with Crippen molar-refractivity contribution in [2.75, 3.05) is 7.11 Å². The summed E-state index contributed by atoms with van der Waals surface area (Å²) in [5.74, 6) is 0.419. The summed E-state index contributed by atoms with van der Waals surface area (Å²) in [6.07, 6.45) is 0. The molecular formula is C23H22BrNO4S. The lowest BCUT2D eigenvalue weighted by molar-refractivity contribution is 0.0982. The Hall–Kier alpha value is -2.48. The maximum Gasteiger partial charge on any atom is 0.241 e. The number of carbonyl (C=O) groups is 1. The molecule has 3 aromatic carbocycles. The first-order chi connectivity index (χ1) is 14.3. The van der Waals surface area contributed by atoms with Gasteiger partial charge >= 0.3 is 0 Å². The summed E-state index contributed by atoms with van der Waals surface area (Å²) in [5.41, 5.74) is 2.09. The summed E-state index contributed by atoms with van der Waals surface area (Å²) < 4.78 is 34.0. The lowest BCUT2D eigenvalue weighted by Crippen LogP contribution is -2.37. The molecule has 5 nitrogen and oxygen atoms in total. The molecule has 156 valence electrons. The van der Waals surface area contributed by atoms with E-state index in [1.165, 1.54) is 0 Å². The van der Waals surface area contributed by atoms with E-state index >= 15 is 0 Å². The van der Waals surface area contributed by atoms with Gasteiger partial charge in [-0.25, -0.2) is 13.1 Å². The third-order valence-corrected chi connectivity index (χ3v) is 7.09. The Morgan fingerprint density at radius 2 is 1.53 bits per heavy atom. The zero-order valence-electron chi connectivity index (χ0n) is 16.6. The van der Waals surface area contributed by atoms with E-state index in [0.29, 0.717) is 16.9 Å². The molecule has 3 rings (SSSR count). The van der Waals surface area contributed by atoms with Gasteiger partial charge in [0.1, 0.15) is 5.75 Å². The number of carbonyl (C=O) groups excluding carboxylic acids is 1. The van der Waals surface area contributed by atoms with Crippen molar-refractivity contribution in [1.29, 1.82) is 0 Å². The predicted molar refractivity (Wildman–Crippen MR) is 121 cm³/mol. The predicted octanol–water partition coefficient (Wildman–Crippen LogP) is 4.67. The highest BCUT2D eigenvalue weighted by atomic mass is 79.9. The van der Waals surface area contributed by atoms with Gasteiger partial charge in [-0.15, -0.1) is 0 Å². The Balaban J connectivity index is 1.98. The van der Waals surface area contributed by atoms with Crippen LogP contribution in [0.25, 0.3) is 0 Å². The quantitative estimate of drug-likeness (QED) is 0.370. The molecule has 0 saturated heterocycles. The highest BCUT2D eigenvalue weighted by Crippen LogP contribution is 2.29. The van der Waals surface area contributed by atoms with Crippen molar-refractivity contribution in [3.63, 3.8) is 0 Å². The molecule has 0 aliphatic rings. The Labute approximate surface area is 185 Å². The molecule has 3 aromatic rings. The molecule has 0 unspecified atom stereocenters. The largest absolute Gasteiger partial charge is 0.497 e. The van der Waals surface area contributed by atoms with Gasteiger partial charge in [-0.2, -0.15) is 0 Å². The fourth-order valence-electron chi connectivity index (χ4n) is 2.97. The number of alkyl halides is 1. The van der Waals surface area contributed by atoms with E-state index in [0.717, 1.165) is 5.56 Å². The number of ether oxygens (including phenoxy) is 1. The SMILES string of the molecule is COc1ccc([C@@H](NS(=O)(=O)c2ccc(C)cc2)[C@@H](Br)C(=O)c2ccccc2)cc1. The number of ketones is 1. The van der Waals surface area contributed by atoms with Crippen LogP contribution in [0.4, 0.5) is 0 Å². The van der Waals surface area contributed by atoms with E-state index in [2.05, 4.69) is 20.7 Å². The van der Waals surface area contributed by atoms with E-state index in [1.54, 1.807) is 79.9 Å². The smallest absolute Gasteiger partial charge is 0.241 e. The van der Waals surface area contributed by atoms with Gasteiger partial charge in [0, 0.05) is 5.56 Å². The molecule has 0 fully saturated rings. The van der Waals surface area contributed by atoms with Gasteiger partial charge in [0.25, 0.3) is 0 Å². The Morgan fingerprint density at radius 1 is 0.933 bits per heavy atom. The highest BCUT2D eigenvalue weighted by molar-refractivity contribution is 9.10. The lowest BCUT2D eigenvalue weighted by Gasteiger charge is -2.24. The van der Waals surface area contributed by atoms with Crippen molar-refractivity contribution in [2.24, 2.45) is 0 Å². The van der Waals surface area contributed by atoms with Crippen molar-refractivity contribution in [3.05, 3.63) is 95.6 Å². The zero-order valence-corrected chi connectivity index (χ0v) is 19.0. The first kappa shape index (κ1) is 22.2. The van der Waals surface area contributed by atoms with Gasteiger partial charge in [0.15, 0.2) is 5.78 Å². The number of aryl methyl sites for hydroxylation is 1. The monoisotopic (exact) mass is 487 g/mol. The maximum absolute atomic E-state index is 13.0. The van der Waals surface area contributed by atoms with Crippen LogP contribution in [0.15, 0.2) is 83.8 Å². The fourth-order valence-corrected chi connectivity index (χ4v) is 5.09. The Bertz CT molecular complexity index is 1100. The van der Waals surface area contributed by atoms with Crippen LogP contribution in [-0.2, 0) is 10.0 Å². The number of Topliss-reactive ketones (excluding diaryl/α,β-unsaturated/α-hetero) is 1. The molecule has 0 radical (unpaired) electrons. The van der Waals surface area contributed by atoms with E-state index in [4.69, 9.17) is 4.74 Å². The van der Waals surface area contributed by atoms with Gasteiger partial charge in [0.2, 0.25) is 10.0 Å². The van der Waals surface area contributed by atoms with Crippen molar-refractivity contribution < 1.29 is 17.9 Å². The van der Waals surface area contributed by atoms with E-state index in [9.17, 15) is 13.2 Å². The van der Waals surface area contributed by atoms with Crippen LogP contribution in [-0.4, -0.2) is 26.1 Å². The molecule has 1 N–H and O–H groups in total. The maximum atomic E-state index is 13.0. The standard InChI is InChI=1S/C23H22BrNO4S/c1-16-8-14-20(15-9-16)30(27,28)25-22(17-10-12-19(29-2)13-11-17)21(24)23(26)18-6-4-3-5-7-18/h3-15,21-22,25H,1-2H3/t21-,22-/m1/s1. The summed E-state index contributed by atoms with van der Waals surface area (Å²) >= 11 is 3.45. The summed E-state index contributed by atoms with van der Waals surface area (Å²) in [5, 5.41) is 0. The van der Waals surface area contributed by atoms with Crippen molar-refractivity contribution in [3.8, 4) is 5.75 Å². The topological polar surface area (TPSA) is 72.5 Å². The first-order valence-electron chi connectivity index (χ1n) is 9.28. The van der Waals surface area contributed by atoms with Crippen LogP contribution in [0, 0.1) is 6.92 Å². The summed E-state index contributed by atoms with van der Waals surface area (Å²) in [7, 11) is -2.31.